The molecule has 148 valence electrons. The van der Waals surface area contributed by atoms with Crippen LogP contribution in [-0.2, 0) is 4.74 Å². The van der Waals surface area contributed by atoms with Gasteiger partial charge in [0.15, 0.2) is 0 Å². The van der Waals surface area contributed by atoms with E-state index in [1.165, 1.54) is 13.2 Å². The van der Waals surface area contributed by atoms with Gasteiger partial charge in [-0.25, -0.2) is 9.59 Å². The van der Waals surface area contributed by atoms with E-state index in [9.17, 15) is 14.7 Å². The van der Waals surface area contributed by atoms with E-state index in [0.29, 0.717) is 37.7 Å². The number of anilines is 1. The molecule has 1 aromatic rings. The van der Waals surface area contributed by atoms with Gasteiger partial charge in [-0.15, -0.1) is 0 Å². The predicted molar refractivity (Wildman–Crippen MR) is 99.0 cm³/mol. The number of carbonyl (C=O) groups excluding carboxylic acids is 1. The summed E-state index contributed by atoms with van der Waals surface area (Å²) >= 11 is 0. The maximum atomic E-state index is 12.4. The first-order chi connectivity index (χ1) is 12.7. The van der Waals surface area contributed by atoms with Crippen molar-refractivity contribution in [3.8, 4) is 11.5 Å². The molecule has 0 bridgehead atoms. The molecule has 0 aliphatic carbocycles. The monoisotopic (exact) mass is 378 g/mol. The largest absolute Gasteiger partial charge is 0.496 e. The standard InChI is InChI=1S/C19H26N2O6/c1-19(2,3)27-18(24)20-6-7-21-12(11-20)5-8-26-16-9-13(17(22)23)15(25-4)10-14(16)21/h9-10,12H,5-8,11H2,1-4H3,(H,22,23)/t12-/m0/s1. The minimum atomic E-state index is -1.06. The number of fused-ring (bicyclic) bond motifs is 3. The molecule has 0 saturated carbocycles. The number of piperazine rings is 1. The van der Waals surface area contributed by atoms with E-state index in [1.807, 2.05) is 20.8 Å². The number of ether oxygens (including phenoxy) is 3. The Morgan fingerprint density at radius 2 is 2.00 bits per heavy atom. The number of carboxylic acids is 1. The summed E-state index contributed by atoms with van der Waals surface area (Å²) in [6, 6.07) is 3.28. The van der Waals surface area contributed by atoms with Gasteiger partial charge in [-0.05, 0) is 20.8 Å². The highest BCUT2D eigenvalue weighted by Crippen LogP contribution is 2.39. The van der Waals surface area contributed by atoms with Crippen molar-refractivity contribution in [2.24, 2.45) is 0 Å². The first-order valence-corrected chi connectivity index (χ1v) is 9.02. The molecule has 0 unspecified atom stereocenters. The Morgan fingerprint density at radius 3 is 2.63 bits per heavy atom. The number of hydrogen-bond donors (Lipinski definition) is 1. The molecule has 2 heterocycles. The lowest BCUT2D eigenvalue weighted by Gasteiger charge is -2.42. The Balaban J connectivity index is 1.85. The Kier molecular flexibility index (Phi) is 5.08. The van der Waals surface area contributed by atoms with Gasteiger partial charge in [-0.2, -0.15) is 0 Å². The molecule has 1 saturated heterocycles. The van der Waals surface area contributed by atoms with Crippen LogP contribution < -0.4 is 14.4 Å². The number of carboxylic acid groups (broad SMARTS) is 1. The first kappa shape index (κ1) is 19.1. The lowest BCUT2D eigenvalue weighted by Crippen LogP contribution is -2.55. The van der Waals surface area contributed by atoms with Crippen LogP contribution >= 0.6 is 0 Å². The van der Waals surface area contributed by atoms with E-state index in [-0.39, 0.29) is 17.7 Å². The fourth-order valence-corrected chi connectivity index (χ4v) is 3.44. The molecule has 8 nitrogen and oxygen atoms in total. The van der Waals surface area contributed by atoms with Gasteiger partial charge in [-0.1, -0.05) is 0 Å². The summed E-state index contributed by atoms with van der Waals surface area (Å²) in [6.07, 6.45) is 0.407. The third-order valence-corrected chi connectivity index (χ3v) is 4.66. The van der Waals surface area contributed by atoms with Crippen molar-refractivity contribution >= 4 is 17.7 Å². The van der Waals surface area contributed by atoms with Crippen molar-refractivity contribution in [1.82, 2.24) is 4.90 Å². The third-order valence-electron chi connectivity index (χ3n) is 4.66. The topological polar surface area (TPSA) is 88.5 Å². The number of methoxy groups -OCH3 is 1. The number of benzene rings is 1. The van der Waals surface area contributed by atoms with Gasteiger partial charge >= 0.3 is 12.1 Å². The second-order valence-corrected chi connectivity index (χ2v) is 7.74. The Morgan fingerprint density at radius 1 is 1.26 bits per heavy atom. The second-order valence-electron chi connectivity index (χ2n) is 7.74. The summed E-state index contributed by atoms with van der Waals surface area (Å²) in [5.74, 6) is -0.240. The molecule has 1 N–H and O–H groups in total. The fourth-order valence-electron chi connectivity index (χ4n) is 3.44. The SMILES string of the molecule is COc1cc2c(cc1C(=O)O)OCC[C@H]1CN(C(=O)OC(C)(C)C)CCN21. The molecule has 0 aromatic heterocycles. The lowest BCUT2D eigenvalue weighted by atomic mass is 10.1. The molecule has 1 amide bonds. The zero-order valence-corrected chi connectivity index (χ0v) is 16.2. The third kappa shape index (κ3) is 4.04. The van der Waals surface area contributed by atoms with Crippen molar-refractivity contribution in [3.05, 3.63) is 17.7 Å². The van der Waals surface area contributed by atoms with Crippen LogP contribution in [-0.4, -0.2) is 67.1 Å². The molecule has 0 radical (unpaired) electrons. The minimum absolute atomic E-state index is 0.0629. The highest BCUT2D eigenvalue weighted by atomic mass is 16.6. The molecule has 8 heteroatoms. The maximum absolute atomic E-state index is 12.4. The summed E-state index contributed by atoms with van der Waals surface area (Å²) in [7, 11) is 1.45. The van der Waals surface area contributed by atoms with Gasteiger partial charge in [0.25, 0.3) is 0 Å². The molecule has 27 heavy (non-hydrogen) atoms. The number of rotatable bonds is 2. The highest BCUT2D eigenvalue weighted by Gasteiger charge is 2.35. The average molecular weight is 378 g/mol. The fraction of sp³-hybridized carbons (Fsp3) is 0.579. The van der Waals surface area contributed by atoms with Crippen LogP contribution in [0, 0.1) is 0 Å². The summed E-state index contributed by atoms with van der Waals surface area (Å²) in [4.78, 5) is 27.8. The molecular formula is C19H26N2O6. The van der Waals surface area contributed by atoms with E-state index in [0.717, 1.165) is 12.1 Å². The van der Waals surface area contributed by atoms with Crippen LogP contribution in [0.4, 0.5) is 10.5 Å². The smallest absolute Gasteiger partial charge is 0.410 e. The van der Waals surface area contributed by atoms with E-state index in [2.05, 4.69) is 4.90 Å². The van der Waals surface area contributed by atoms with Crippen LogP contribution in [0.1, 0.15) is 37.6 Å². The van der Waals surface area contributed by atoms with Gasteiger partial charge in [0.05, 0.1) is 25.4 Å². The summed E-state index contributed by atoms with van der Waals surface area (Å²) in [6.45, 7) is 7.65. The number of amides is 1. The molecule has 2 aliphatic heterocycles. The Hall–Kier alpha value is -2.64. The van der Waals surface area contributed by atoms with E-state index in [4.69, 9.17) is 14.2 Å². The minimum Gasteiger partial charge on any atom is -0.496 e. The van der Waals surface area contributed by atoms with Gasteiger partial charge < -0.3 is 29.1 Å². The Labute approximate surface area is 158 Å². The number of aromatic carboxylic acids is 1. The summed E-state index contributed by atoms with van der Waals surface area (Å²) in [5.41, 5.74) is 0.332. The van der Waals surface area contributed by atoms with Crippen LogP contribution in [0.25, 0.3) is 0 Å². The second kappa shape index (κ2) is 7.17. The van der Waals surface area contributed by atoms with Crippen molar-refractivity contribution in [1.29, 1.82) is 0 Å². The molecule has 0 spiro atoms. The normalized spacial score (nSPS) is 19.3. The lowest BCUT2D eigenvalue weighted by molar-refractivity contribution is 0.0211. The van der Waals surface area contributed by atoms with Gasteiger partial charge in [0.1, 0.15) is 22.7 Å². The van der Waals surface area contributed by atoms with Crippen molar-refractivity contribution in [2.75, 3.05) is 38.3 Å². The Bertz CT molecular complexity index is 742. The predicted octanol–water partition coefficient (Wildman–Crippen LogP) is 2.60. The molecular weight excluding hydrogens is 352 g/mol. The maximum Gasteiger partial charge on any atom is 0.410 e. The van der Waals surface area contributed by atoms with E-state index in [1.54, 1.807) is 11.0 Å². The van der Waals surface area contributed by atoms with Crippen molar-refractivity contribution in [2.45, 2.75) is 38.8 Å². The molecule has 1 aromatic carbocycles. The van der Waals surface area contributed by atoms with Gasteiger partial charge in [0.2, 0.25) is 0 Å². The van der Waals surface area contributed by atoms with Gasteiger partial charge in [0, 0.05) is 38.2 Å². The van der Waals surface area contributed by atoms with Crippen LogP contribution in [0.5, 0.6) is 11.5 Å². The number of nitrogens with zero attached hydrogens (tertiary/aromatic N) is 2. The van der Waals surface area contributed by atoms with E-state index >= 15 is 0 Å². The van der Waals surface area contributed by atoms with Crippen molar-refractivity contribution in [3.63, 3.8) is 0 Å². The first-order valence-electron chi connectivity index (χ1n) is 9.02. The van der Waals surface area contributed by atoms with Crippen molar-refractivity contribution < 1.29 is 28.9 Å². The van der Waals surface area contributed by atoms with Gasteiger partial charge in [-0.3, -0.25) is 0 Å². The highest BCUT2D eigenvalue weighted by molar-refractivity contribution is 5.93. The zero-order valence-electron chi connectivity index (χ0n) is 16.2. The van der Waals surface area contributed by atoms with Crippen LogP contribution in [0.2, 0.25) is 0 Å². The molecule has 1 fully saturated rings. The van der Waals surface area contributed by atoms with Crippen LogP contribution in [0.15, 0.2) is 12.1 Å². The average Bonchev–Trinajstić information content (AvgIpc) is 2.77. The molecule has 2 aliphatic rings. The number of carbonyl (C=O) groups is 2. The quantitative estimate of drug-likeness (QED) is 0.846. The van der Waals surface area contributed by atoms with Crippen LogP contribution in [0.3, 0.4) is 0 Å². The molecule has 3 rings (SSSR count). The molecule has 1 atom stereocenters. The summed E-state index contributed by atoms with van der Waals surface area (Å²) < 4.78 is 16.6. The zero-order chi connectivity index (χ0) is 19.8. The number of hydrogen-bond acceptors (Lipinski definition) is 6. The summed E-state index contributed by atoms with van der Waals surface area (Å²) in [5, 5.41) is 9.38. The van der Waals surface area contributed by atoms with E-state index < -0.39 is 11.6 Å².